The van der Waals surface area contributed by atoms with Gasteiger partial charge in [-0.15, -0.1) is 0 Å². The Kier molecular flexibility index (Phi) is 5.97. The van der Waals surface area contributed by atoms with Gasteiger partial charge in [-0.05, 0) is 56.2 Å². The molecule has 0 radical (unpaired) electrons. The van der Waals surface area contributed by atoms with Crippen LogP contribution in [0, 0.1) is 5.92 Å². The maximum Gasteiger partial charge on any atom is 0.253 e. The molecule has 2 heterocycles. The molecule has 1 aromatic carbocycles. The topological polar surface area (TPSA) is 52.7 Å². The zero-order valence-corrected chi connectivity index (χ0v) is 16.2. The minimum Gasteiger partial charge on any atom is -0.345 e. The van der Waals surface area contributed by atoms with Crippen molar-refractivity contribution in [1.29, 1.82) is 0 Å². The molecule has 5 heteroatoms. The number of carbonyl (C=O) groups is 2. The molecule has 2 amide bonds. The summed E-state index contributed by atoms with van der Waals surface area (Å²) in [6.45, 7) is 3.37. The van der Waals surface area contributed by atoms with Crippen molar-refractivity contribution in [2.75, 3.05) is 20.6 Å². The Morgan fingerprint density at radius 2 is 1.69 bits per heavy atom. The van der Waals surface area contributed by atoms with Crippen molar-refractivity contribution in [1.82, 2.24) is 15.1 Å². The maximum atomic E-state index is 12.8. The number of amides is 2. The third-order valence-corrected chi connectivity index (χ3v) is 5.75. The highest BCUT2D eigenvalue weighted by atomic mass is 16.2. The average molecular weight is 357 g/mol. The van der Waals surface area contributed by atoms with E-state index in [1.165, 1.54) is 12.8 Å². The van der Waals surface area contributed by atoms with Gasteiger partial charge in [0.15, 0.2) is 0 Å². The van der Waals surface area contributed by atoms with Crippen molar-refractivity contribution >= 4 is 11.8 Å². The zero-order valence-electron chi connectivity index (χ0n) is 16.2. The van der Waals surface area contributed by atoms with Crippen molar-refractivity contribution < 1.29 is 9.59 Å². The van der Waals surface area contributed by atoms with E-state index in [9.17, 15) is 9.59 Å². The average Bonchev–Trinajstić information content (AvgIpc) is 2.97. The van der Waals surface area contributed by atoms with Gasteiger partial charge in [-0.3, -0.25) is 9.59 Å². The first-order valence-electron chi connectivity index (χ1n) is 9.80. The van der Waals surface area contributed by atoms with E-state index in [4.69, 9.17) is 0 Å². The molecule has 2 bridgehead atoms. The molecule has 2 fully saturated rings. The number of nitrogens with zero attached hydrogens (tertiary/aromatic N) is 2. The van der Waals surface area contributed by atoms with Gasteiger partial charge in [-0.25, -0.2) is 0 Å². The molecule has 5 nitrogen and oxygen atoms in total. The van der Waals surface area contributed by atoms with Gasteiger partial charge in [0.05, 0.1) is 0 Å². The molecule has 0 saturated carbocycles. The lowest BCUT2D eigenvalue weighted by molar-refractivity contribution is -0.132. The first kappa shape index (κ1) is 18.9. The number of rotatable bonds is 6. The van der Waals surface area contributed by atoms with Gasteiger partial charge >= 0.3 is 0 Å². The van der Waals surface area contributed by atoms with Crippen LogP contribution < -0.4 is 5.32 Å². The lowest BCUT2D eigenvalue weighted by atomic mass is 9.89. The van der Waals surface area contributed by atoms with E-state index >= 15 is 0 Å². The quantitative estimate of drug-likeness (QED) is 0.852. The first-order chi connectivity index (χ1) is 12.5. The Morgan fingerprint density at radius 3 is 2.23 bits per heavy atom. The van der Waals surface area contributed by atoms with Gasteiger partial charge in [-0.2, -0.15) is 0 Å². The smallest absolute Gasteiger partial charge is 0.253 e. The number of fused-ring (bicyclic) bond motifs is 2. The summed E-state index contributed by atoms with van der Waals surface area (Å²) >= 11 is 0. The lowest BCUT2D eigenvalue weighted by Crippen LogP contribution is -2.40. The van der Waals surface area contributed by atoms with Crippen LogP contribution in [-0.4, -0.2) is 54.3 Å². The van der Waals surface area contributed by atoms with E-state index in [2.05, 4.69) is 5.32 Å². The van der Waals surface area contributed by atoms with E-state index in [-0.39, 0.29) is 11.8 Å². The maximum absolute atomic E-state index is 12.8. The predicted molar refractivity (Wildman–Crippen MR) is 103 cm³/mol. The van der Waals surface area contributed by atoms with Gasteiger partial charge in [0, 0.05) is 51.3 Å². The molecule has 0 aromatic heterocycles. The minimum atomic E-state index is 0.000474. The number of piperidine rings is 1. The summed E-state index contributed by atoms with van der Waals surface area (Å²) in [6.07, 6.45) is 5.48. The summed E-state index contributed by atoms with van der Waals surface area (Å²) in [7, 11) is 3.50. The number of hydrogen-bond donors (Lipinski definition) is 1. The molecule has 26 heavy (non-hydrogen) atoms. The standard InChI is InChI=1S/C21H31N3O2/c1-4-24(14-15-5-7-17(8-6-15)21(26)23(2)3)20(25)13-16-11-18-9-10-19(12-16)22-18/h5-8,16,18-19,22H,4,9-14H2,1-3H3. The van der Waals surface area contributed by atoms with Crippen LogP contribution >= 0.6 is 0 Å². The molecular weight excluding hydrogens is 326 g/mol. The lowest BCUT2D eigenvalue weighted by Gasteiger charge is -2.30. The first-order valence-corrected chi connectivity index (χ1v) is 9.80. The summed E-state index contributed by atoms with van der Waals surface area (Å²) in [4.78, 5) is 28.3. The van der Waals surface area contributed by atoms with Crippen LogP contribution in [0.3, 0.4) is 0 Å². The summed E-state index contributed by atoms with van der Waals surface area (Å²) in [5, 5.41) is 3.64. The van der Waals surface area contributed by atoms with Gasteiger partial charge in [0.25, 0.3) is 5.91 Å². The van der Waals surface area contributed by atoms with E-state index < -0.39 is 0 Å². The fraction of sp³-hybridized carbons (Fsp3) is 0.619. The molecule has 2 aliphatic heterocycles. The summed E-state index contributed by atoms with van der Waals surface area (Å²) in [5.74, 6) is 0.781. The fourth-order valence-corrected chi connectivity index (χ4v) is 4.33. The Morgan fingerprint density at radius 1 is 1.08 bits per heavy atom. The molecule has 3 rings (SSSR count). The fourth-order valence-electron chi connectivity index (χ4n) is 4.33. The van der Waals surface area contributed by atoms with Crippen molar-refractivity contribution in [2.24, 2.45) is 5.92 Å². The Hall–Kier alpha value is -1.88. The van der Waals surface area contributed by atoms with Crippen molar-refractivity contribution in [3.05, 3.63) is 35.4 Å². The van der Waals surface area contributed by atoms with Crippen molar-refractivity contribution in [3.63, 3.8) is 0 Å². The van der Waals surface area contributed by atoms with Gasteiger partial charge in [0.2, 0.25) is 5.91 Å². The van der Waals surface area contributed by atoms with Gasteiger partial charge in [0.1, 0.15) is 0 Å². The second-order valence-electron chi connectivity index (χ2n) is 7.98. The summed E-state index contributed by atoms with van der Waals surface area (Å²) in [6, 6.07) is 8.86. The van der Waals surface area contributed by atoms with E-state index in [1.54, 1.807) is 19.0 Å². The van der Waals surface area contributed by atoms with Crippen LogP contribution in [0.5, 0.6) is 0 Å². The zero-order chi connectivity index (χ0) is 18.7. The third-order valence-electron chi connectivity index (χ3n) is 5.75. The molecule has 2 aliphatic rings. The number of benzene rings is 1. The molecule has 1 N–H and O–H groups in total. The molecular formula is C21H31N3O2. The molecule has 2 saturated heterocycles. The van der Waals surface area contributed by atoms with Crippen LogP contribution in [0.15, 0.2) is 24.3 Å². The van der Waals surface area contributed by atoms with Crippen LogP contribution in [-0.2, 0) is 11.3 Å². The van der Waals surface area contributed by atoms with Crippen LogP contribution in [0.1, 0.15) is 54.9 Å². The second kappa shape index (κ2) is 8.21. The van der Waals surface area contributed by atoms with Crippen molar-refractivity contribution in [2.45, 2.75) is 57.7 Å². The summed E-state index contributed by atoms with van der Waals surface area (Å²) in [5.41, 5.74) is 1.75. The highest BCUT2D eigenvalue weighted by molar-refractivity contribution is 5.93. The molecule has 2 atom stereocenters. The molecule has 0 aliphatic carbocycles. The minimum absolute atomic E-state index is 0.000474. The Labute approximate surface area is 156 Å². The predicted octanol–water partition coefficient (Wildman–Crippen LogP) is 2.66. The third kappa shape index (κ3) is 4.44. The second-order valence-corrected chi connectivity index (χ2v) is 7.98. The highest BCUT2D eigenvalue weighted by Crippen LogP contribution is 2.33. The largest absolute Gasteiger partial charge is 0.345 e. The molecule has 0 spiro atoms. The Balaban J connectivity index is 1.56. The van der Waals surface area contributed by atoms with Crippen LogP contribution in [0.2, 0.25) is 0 Å². The van der Waals surface area contributed by atoms with Crippen molar-refractivity contribution in [3.8, 4) is 0 Å². The number of hydrogen-bond acceptors (Lipinski definition) is 3. The monoisotopic (exact) mass is 357 g/mol. The SMILES string of the molecule is CCN(Cc1ccc(C(=O)N(C)C)cc1)C(=O)CC1CC2CCC(C1)N2. The molecule has 142 valence electrons. The molecule has 2 unspecified atom stereocenters. The van der Waals surface area contributed by atoms with E-state index in [1.807, 2.05) is 36.1 Å². The van der Waals surface area contributed by atoms with Gasteiger partial charge < -0.3 is 15.1 Å². The van der Waals surface area contributed by atoms with E-state index in [0.29, 0.717) is 36.5 Å². The van der Waals surface area contributed by atoms with Crippen LogP contribution in [0.25, 0.3) is 0 Å². The normalized spacial score (nSPS) is 24.3. The number of nitrogens with one attached hydrogen (secondary N) is 1. The van der Waals surface area contributed by atoms with E-state index in [0.717, 1.165) is 24.9 Å². The summed E-state index contributed by atoms with van der Waals surface area (Å²) < 4.78 is 0. The Bertz CT molecular complexity index is 629. The number of carbonyl (C=O) groups excluding carboxylic acids is 2. The van der Waals surface area contributed by atoms with Crippen LogP contribution in [0.4, 0.5) is 0 Å². The van der Waals surface area contributed by atoms with Gasteiger partial charge in [-0.1, -0.05) is 12.1 Å². The molecule has 1 aromatic rings. The highest BCUT2D eigenvalue weighted by Gasteiger charge is 2.34.